The summed E-state index contributed by atoms with van der Waals surface area (Å²) in [6.07, 6.45) is -4.61. The summed E-state index contributed by atoms with van der Waals surface area (Å²) < 4.78 is 48.8. The Bertz CT molecular complexity index is 657. The Morgan fingerprint density at radius 1 is 1.00 bits per heavy atom. The summed E-state index contributed by atoms with van der Waals surface area (Å²) in [5, 5.41) is 18.2. The van der Waals surface area contributed by atoms with Crippen molar-refractivity contribution in [2.75, 3.05) is 7.11 Å². The number of benzene rings is 2. The molecule has 0 aliphatic carbocycles. The Hall–Kier alpha value is -2.19. The van der Waals surface area contributed by atoms with Crippen LogP contribution >= 0.6 is 0 Å². The van der Waals surface area contributed by atoms with Crippen LogP contribution in [0.2, 0.25) is 0 Å². The topological polar surface area (TPSA) is 58.9 Å². The van der Waals surface area contributed by atoms with Crippen LogP contribution in [0.15, 0.2) is 42.5 Å². The summed E-state index contributed by atoms with van der Waals surface area (Å²) >= 11 is 0. The first-order chi connectivity index (χ1) is 10.8. The number of halogens is 3. The van der Waals surface area contributed by atoms with Crippen LogP contribution in [0.1, 0.15) is 11.1 Å². The molecule has 0 unspecified atom stereocenters. The Kier molecular flexibility index (Phi) is 5.17. The van der Waals surface area contributed by atoms with Gasteiger partial charge in [0.15, 0.2) is 0 Å². The zero-order chi connectivity index (χ0) is 17.0. The molecular formula is C15H14BF3O4. The van der Waals surface area contributed by atoms with Crippen LogP contribution in [0.25, 0.3) is 0 Å². The molecule has 0 aliphatic rings. The number of rotatable bonds is 5. The predicted octanol–water partition coefficient (Wildman–Crippen LogP) is 1.97. The van der Waals surface area contributed by atoms with Gasteiger partial charge < -0.3 is 19.5 Å². The number of hydrogen-bond acceptors (Lipinski definition) is 4. The van der Waals surface area contributed by atoms with Crippen molar-refractivity contribution in [1.82, 2.24) is 0 Å². The van der Waals surface area contributed by atoms with Gasteiger partial charge in [-0.25, -0.2) is 0 Å². The Labute approximate surface area is 131 Å². The van der Waals surface area contributed by atoms with Gasteiger partial charge in [-0.3, -0.25) is 0 Å². The SMILES string of the molecule is COc1ccc(COc2cc(B(O)O)cc(C(F)(F)F)c2)cc1. The second kappa shape index (κ2) is 6.93. The number of hydrogen-bond donors (Lipinski definition) is 2. The quantitative estimate of drug-likeness (QED) is 0.825. The minimum Gasteiger partial charge on any atom is -0.497 e. The van der Waals surface area contributed by atoms with E-state index in [1.54, 1.807) is 24.3 Å². The van der Waals surface area contributed by atoms with E-state index in [1.165, 1.54) is 7.11 Å². The summed E-state index contributed by atoms with van der Waals surface area (Å²) in [6.45, 7) is 0.0340. The van der Waals surface area contributed by atoms with Crippen molar-refractivity contribution in [3.05, 3.63) is 53.6 Å². The Balaban J connectivity index is 2.19. The van der Waals surface area contributed by atoms with Crippen LogP contribution < -0.4 is 14.9 Å². The number of methoxy groups -OCH3 is 1. The summed E-state index contributed by atoms with van der Waals surface area (Å²) in [5.41, 5.74) is -0.563. The fraction of sp³-hybridized carbons (Fsp3) is 0.200. The third-order valence-electron chi connectivity index (χ3n) is 3.12. The summed E-state index contributed by atoms with van der Waals surface area (Å²) in [5.74, 6) is 0.553. The molecule has 8 heteroatoms. The van der Waals surface area contributed by atoms with Crippen molar-refractivity contribution < 1.29 is 32.7 Å². The Morgan fingerprint density at radius 3 is 2.17 bits per heavy atom. The molecule has 2 N–H and O–H groups in total. The molecule has 0 bridgehead atoms. The van der Waals surface area contributed by atoms with Crippen molar-refractivity contribution in [3.63, 3.8) is 0 Å². The molecule has 4 nitrogen and oxygen atoms in total. The van der Waals surface area contributed by atoms with E-state index in [0.717, 1.165) is 17.7 Å². The van der Waals surface area contributed by atoms with E-state index in [0.29, 0.717) is 11.8 Å². The molecule has 0 atom stereocenters. The third kappa shape index (κ3) is 4.64. The summed E-state index contributed by atoms with van der Waals surface area (Å²) in [4.78, 5) is 0. The first kappa shape index (κ1) is 17.2. The lowest BCUT2D eigenvalue weighted by atomic mass is 9.79. The highest BCUT2D eigenvalue weighted by Gasteiger charge is 2.32. The molecule has 0 spiro atoms. The van der Waals surface area contributed by atoms with Crippen molar-refractivity contribution in [2.24, 2.45) is 0 Å². The number of alkyl halides is 3. The van der Waals surface area contributed by atoms with Crippen LogP contribution in [0.3, 0.4) is 0 Å². The van der Waals surface area contributed by atoms with Crippen LogP contribution in [-0.4, -0.2) is 24.3 Å². The van der Waals surface area contributed by atoms with Gasteiger partial charge in [-0.15, -0.1) is 0 Å². The molecule has 0 saturated heterocycles. The average molecular weight is 326 g/mol. The smallest absolute Gasteiger partial charge is 0.488 e. The molecule has 2 rings (SSSR count). The standard InChI is InChI=1S/C15H14BF3O4/c1-22-13-4-2-10(3-5-13)9-23-14-7-11(15(17,18)19)6-12(8-14)16(20)21/h2-8,20-21H,9H2,1H3. The molecule has 0 radical (unpaired) electrons. The van der Waals surface area contributed by atoms with Gasteiger partial charge in [-0.05, 0) is 41.4 Å². The lowest BCUT2D eigenvalue weighted by Crippen LogP contribution is -2.31. The van der Waals surface area contributed by atoms with E-state index >= 15 is 0 Å². The van der Waals surface area contributed by atoms with E-state index in [-0.39, 0.29) is 17.8 Å². The van der Waals surface area contributed by atoms with Gasteiger partial charge in [0, 0.05) is 0 Å². The molecule has 0 aromatic heterocycles. The van der Waals surface area contributed by atoms with Gasteiger partial charge in [-0.1, -0.05) is 12.1 Å². The minimum atomic E-state index is -4.61. The molecule has 0 aliphatic heterocycles. The van der Waals surface area contributed by atoms with Crippen molar-refractivity contribution >= 4 is 12.6 Å². The van der Waals surface area contributed by atoms with Crippen molar-refractivity contribution in [2.45, 2.75) is 12.8 Å². The van der Waals surface area contributed by atoms with Crippen LogP contribution in [0, 0.1) is 0 Å². The second-order valence-corrected chi connectivity index (χ2v) is 4.80. The number of ether oxygens (including phenoxy) is 2. The second-order valence-electron chi connectivity index (χ2n) is 4.80. The molecule has 23 heavy (non-hydrogen) atoms. The van der Waals surface area contributed by atoms with Gasteiger partial charge in [0.1, 0.15) is 18.1 Å². The highest BCUT2D eigenvalue weighted by molar-refractivity contribution is 6.58. The molecular weight excluding hydrogens is 312 g/mol. The fourth-order valence-electron chi connectivity index (χ4n) is 1.91. The van der Waals surface area contributed by atoms with Gasteiger partial charge >= 0.3 is 13.3 Å². The van der Waals surface area contributed by atoms with E-state index in [2.05, 4.69) is 0 Å². The van der Waals surface area contributed by atoms with E-state index < -0.39 is 18.9 Å². The molecule has 122 valence electrons. The van der Waals surface area contributed by atoms with Crippen molar-refractivity contribution in [3.8, 4) is 11.5 Å². The highest BCUT2D eigenvalue weighted by atomic mass is 19.4. The molecule has 2 aromatic carbocycles. The first-order valence-corrected chi connectivity index (χ1v) is 6.63. The largest absolute Gasteiger partial charge is 0.497 e. The molecule has 0 amide bonds. The van der Waals surface area contributed by atoms with Gasteiger partial charge in [-0.2, -0.15) is 13.2 Å². The van der Waals surface area contributed by atoms with Gasteiger partial charge in [0.2, 0.25) is 0 Å². The maximum Gasteiger partial charge on any atom is 0.488 e. The van der Waals surface area contributed by atoms with Crippen LogP contribution in [0.4, 0.5) is 13.2 Å². The highest BCUT2D eigenvalue weighted by Crippen LogP contribution is 2.31. The molecule has 2 aromatic rings. The molecule has 0 saturated carbocycles. The normalized spacial score (nSPS) is 11.2. The average Bonchev–Trinajstić information content (AvgIpc) is 2.52. The summed E-state index contributed by atoms with van der Waals surface area (Å²) in [6, 6.07) is 9.48. The summed E-state index contributed by atoms with van der Waals surface area (Å²) in [7, 11) is -0.490. The Morgan fingerprint density at radius 2 is 1.65 bits per heavy atom. The third-order valence-corrected chi connectivity index (χ3v) is 3.12. The maximum atomic E-state index is 12.8. The molecule has 0 heterocycles. The van der Waals surface area contributed by atoms with E-state index in [1.807, 2.05) is 0 Å². The lowest BCUT2D eigenvalue weighted by Gasteiger charge is -2.13. The maximum absolute atomic E-state index is 12.8. The minimum absolute atomic E-state index is 0.0340. The first-order valence-electron chi connectivity index (χ1n) is 6.63. The zero-order valence-electron chi connectivity index (χ0n) is 12.2. The fourth-order valence-corrected chi connectivity index (χ4v) is 1.91. The monoisotopic (exact) mass is 326 g/mol. The van der Waals surface area contributed by atoms with Crippen LogP contribution in [-0.2, 0) is 12.8 Å². The van der Waals surface area contributed by atoms with Gasteiger partial charge in [0.05, 0.1) is 12.7 Å². The predicted molar refractivity (Wildman–Crippen MR) is 78.6 cm³/mol. The molecule has 0 fully saturated rings. The van der Waals surface area contributed by atoms with Gasteiger partial charge in [0.25, 0.3) is 0 Å². The van der Waals surface area contributed by atoms with E-state index in [4.69, 9.17) is 19.5 Å². The van der Waals surface area contributed by atoms with Crippen molar-refractivity contribution in [1.29, 1.82) is 0 Å². The lowest BCUT2D eigenvalue weighted by molar-refractivity contribution is -0.137. The van der Waals surface area contributed by atoms with Crippen LogP contribution in [0.5, 0.6) is 11.5 Å². The van der Waals surface area contributed by atoms with E-state index in [9.17, 15) is 13.2 Å². The zero-order valence-corrected chi connectivity index (χ0v) is 12.2.